The van der Waals surface area contributed by atoms with Gasteiger partial charge in [0.25, 0.3) is 5.56 Å². The molecule has 0 radical (unpaired) electrons. The molecule has 2 aliphatic heterocycles. The van der Waals surface area contributed by atoms with Crippen LogP contribution in [0.5, 0.6) is 0 Å². The van der Waals surface area contributed by atoms with E-state index >= 15 is 0 Å². The number of hydrogen-bond acceptors (Lipinski definition) is 7. The number of anilines is 2. The van der Waals surface area contributed by atoms with Gasteiger partial charge in [0.05, 0.1) is 5.69 Å². The fraction of sp³-hybridized carbons (Fsp3) is 0.556. The van der Waals surface area contributed by atoms with Gasteiger partial charge in [0.15, 0.2) is 0 Å². The van der Waals surface area contributed by atoms with Gasteiger partial charge < -0.3 is 15.1 Å². The van der Waals surface area contributed by atoms with Gasteiger partial charge in [-0.1, -0.05) is 0 Å². The third kappa shape index (κ3) is 3.70. The molecule has 2 aliphatic rings. The normalized spacial score (nSPS) is 20.7. The second-order valence-corrected chi connectivity index (χ2v) is 7.19. The van der Waals surface area contributed by atoms with Crippen LogP contribution in [-0.4, -0.2) is 58.0 Å². The molecule has 4 heterocycles. The van der Waals surface area contributed by atoms with Crippen LogP contribution >= 0.6 is 0 Å². The Balaban J connectivity index is 1.45. The van der Waals surface area contributed by atoms with Crippen LogP contribution in [0, 0.1) is 0 Å². The molecule has 4 rings (SSSR count). The first kappa shape index (κ1) is 17.0. The average Bonchev–Trinajstić information content (AvgIpc) is 2.67. The minimum absolute atomic E-state index is 0.172. The van der Waals surface area contributed by atoms with Crippen molar-refractivity contribution in [1.29, 1.82) is 0 Å². The van der Waals surface area contributed by atoms with Crippen LogP contribution in [0.4, 0.5) is 11.6 Å². The van der Waals surface area contributed by atoms with Gasteiger partial charge in [-0.25, -0.2) is 5.10 Å². The molecule has 138 valence electrons. The van der Waals surface area contributed by atoms with E-state index in [2.05, 4.69) is 48.6 Å². The molecule has 2 N–H and O–H groups in total. The number of fused-ring (bicyclic) bond motifs is 1. The largest absolute Gasteiger partial charge is 0.367 e. The van der Waals surface area contributed by atoms with E-state index in [4.69, 9.17) is 0 Å². The summed E-state index contributed by atoms with van der Waals surface area (Å²) in [5.41, 5.74) is 2.21. The third-order valence-electron chi connectivity index (χ3n) is 5.24. The van der Waals surface area contributed by atoms with E-state index in [9.17, 15) is 4.79 Å². The van der Waals surface area contributed by atoms with E-state index in [-0.39, 0.29) is 5.56 Å². The fourth-order valence-electron chi connectivity index (χ4n) is 3.79. The summed E-state index contributed by atoms with van der Waals surface area (Å²) in [4.78, 5) is 15.8. The Morgan fingerprint density at radius 1 is 1.27 bits per heavy atom. The van der Waals surface area contributed by atoms with Crippen LogP contribution in [0.2, 0.25) is 0 Å². The quantitative estimate of drug-likeness (QED) is 0.846. The summed E-state index contributed by atoms with van der Waals surface area (Å²) in [6.07, 6.45) is 4.40. The molecule has 26 heavy (non-hydrogen) atoms. The Morgan fingerprint density at radius 2 is 2.19 bits per heavy atom. The van der Waals surface area contributed by atoms with Crippen molar-refractivity contribution >= 4 is 11.6 Å². The van der Waals surface area contributed by atoms with E-state index in [1.165, 1.54) is 18.1 Å². The van der Waals surface area contributed by atoms with Gasteiger partial charge >= 0.3 is 0 Å². The molecule has 2 aromatic heterocycles. The number of rotatable bonds is 4. The molecule has 1 unspecified atom stereocenters. The molecule has 0 bridgehead atoms. The highest BCUT2D eigenvalue weighted by Gasteiger charge is 2.24. The first-order valence-corrected chi connectivity index (χ1v) is 9.29. The number of likely N-dealkylation sites (N-methyl/N-ethyl adjacent to an activating group) is 1. The van der Waals surface area contributed by atoms with Gasteiger partial charge in [-0.2, -0.15) is 10.2 Å². The molecule has 2 aromatic rings. The highest BCUT2D eigenvalue weighted by Crippen LogP contribution is 2.23. The maximum atomic E-state index is 11.3. The molecule has 0 aliphatic carbocycles. The zero-order chi connectivity index (χ0) is 17.9. The van der Waals surface area contributed by atoms with Crippen LogP contribution in [-0.2, 0) is 13.0 Å². The zero-order valence-corrected chi connectivity index (χ0v) is 15.1. The highest BCUT2D eigenvalue weighted by molar-refractivity contribution is 5.42. The van der Waals surface area contributed by atoms with Gasteiger partial charge in [0, 0.05) is 44.7 Å². The van der Waals surface area contributed by atoms with Crippen LogP contribution in [0.3, 0.4) is 0 Å². The lowest BCUT2D eigenvalue weighted by Crippen LogP contribution is -2.44. The molecular weight excluding hydrogens is 330 g/mol. The fourth-order valence-corrected chi connectivity index (χ4v) is 3.79. The maximum absolute atomic E-state index is 11.3. The van der Waals surface area contributed by atoms with Crippen molar-refractivity contribution in [3.8, 4) is 0 Å². The number of aromatic amines is 1. The maximum Gasteiger partial charge on any atom is 0.264 e. The van der Waals surface area contributed by atoms with Gasteiger partial charge in [0.1, 0.15) is 11.6 Å². The molecule has 1 saturated heterocycles. The van der Waals surface area contributed by atoms with Crippen molar-refractivity contribution in [1.82, 2.24) is 25.3 Å². The zero-order valence-electron chi connectivity index (χ0n) is 15.1. The topological polar surface area (TPSA) is 90.0 Å². The molecule has 1 atom stereocenters. The number of H-pyrrole nitrogens is 1. The van der Waals surface area contributed by atoms with Crippen molar-refractivity contribution in [2.45, 2.75) is 38.3 Å². The Kier molecular flexibility index (Phi) is 4.83. The van der Waals surface area contributed by atoms with E-state index < -0.39 is 0 Å². The smallest absolute Gasteiger partial charge is 0.264 e. The number of nitrogens with zero attached hydrogens (tertiary/aromatic N) is 5. The minimum Gasteiger partial charge on any atom is -0.367 e. The predicted molar refractivity (Wildman–Crippen MR) is 100 cm³/mol. The highest BCUT2D eigenvalue weighted by atomic mass is 16.1. The standard InChI is InChI=1S/C18H25N7O/c1-24-9-7-15-13(12-24)10-16(21-20-15)19-11-14-4-2-3-8-25(14)17-5-6-18(26)23-22-17/h5-6,10,14H,2-4,7-9,11-12H2,1H3,(H,19,21)(H,23,26). The second kappa shape index (κ2) is 7.41. The lowest BCUT2D eigenvalue weighted by atomic mass is 10.0. The lowest BCUT2D eigenvalue weighted by Gasteiger charge is -2.36. The predicted octanol–water partition coefficient (Wildman–Crippen LogP) is 1.02. The van der Waals surface area contributed by atoms with Gasteiger partial charge in [-0.15, -0.1) is 5.10 Å². The summed E-state index contributed by atoms with van der Waals surface area (Å²) in [6, 6.07) is 5.78. The van der Waals surface area contributed by atoms with E-state index in [0.29, 0.717) is 6.04 Å². The van der Waals surface area contributed by atoms with Crippen LogP contribution in [0.15, 0.2) is 23.0 Å². The van der Waals surface area contributed by atoms with Crippen molar-refractivity contribution in [3.05, 3.63) is 39.8 Å². The number of piperidine rings is 1. The average molecular weight is 355 g/mol. The van der Waals surface area contributed by atoms with Crippen molar-refractivity contribution in [2.75, 3.05) is 36.9 Å². The van der Waals surface area contributed by atoms with Crippen molar-refractivity contribution in [3.63, 3.8) is 0 Å². The SMILES string of the molecule is CN1CCc2nnc(NCC3CCCCN3c3ccc(=O)[nH]n3)cc2C1. The minimum atomic E-state index is -0.172. The summed E-state index contributed by atoms with van der Waals surface area (Å²) in [6.45, 7) is 3.70. The summed E-state index contributed by atoms with van der Waals surface area (Å²) in [7, 11) is 2.13. The molecule has 0 amide bonds. The summed E-state index contributed by atoms with van der Waals surface area (Å²) >= 11 is 0. The molecular formula is C18H25N7O. The number of nitrogens with one attached hydrogen (secondary N) is 2. The van der Waals surface area contributed by atoms with Crippen LogP contribution in [0.1, 0.15) is 30.5 Å². The number of aromatic nitrogens is 4. The molecule has 1 fully saturated rings. The molecule has 0 spiro atoms. The van der Waals surface area contributed by atoms with E-state index in [1.807, 2.05) is 0 Å². The third-order valence-corrected chi connectivity index (χ3v) is 5.24. The van der Waals surface area contributed by atoms with E-state index in [0.717, 1.165) is 62.8 Å². The van der Waals surface area contributed by atoms with Gasteiger partial charge in [0.2, 0.25) is 0 Å². The molecule has 0 saturated carbocycles. The van der Waals surface area contributed by atoms with Crippen molar-refractivity contribution in [2.24, 2.45) is 0 Å². The van der Waals surface area contributed by atoms with Crippen LogP contribution < -0.4 is 15.8 Å². The molecule has 8 heteroatoms. The Morgan fingerprint density at radius 3 is 3.04 bits per heavy atom. The van der Waals surface area contributed by atoms with Gasteiger partial charge in [-0.3, -0.25) is 4.79 Å². The summed E-state index contributed by atoms with van der Waals surface area (Å²) < 4.78 is 0. The monoisotopic (exact) mass is 355 g/mol. The first-order chi connectivity index (χ1) is 12.7. The number of hydrogen-bond donors (Lipinski definition) is 2. The Bertz CT molecular complexity index is 801. The van der Waals surface area contributed by atoms with Crippen LogP contribution in [0.25, 0.3) is 0 Å². The lowest BCUT2D eigenvalue weighted by molar-refractivity contribution is 0.309. The Hall–Kier alpha value is -2.48. The Labute approximate surface area is 152 Å². The first-order valence-electron chi connectivity index (χ1n) is 9.29. The second-order valence-electron chi connectivity index (χ2n) is 7.19. The summed E-state index contributed by atoms with van der Waals surface area (Å²) in [5.74, 6) is 1.66. The van der Waals surface area contributed by atoms with Gasteiger partial charge in [-0.05, 0) is 44.0 Å². The van der Waals surface area contributed by atoms with E-state index in [1.54, 1.807) is 6.07 Å². The summed E-state index contributed by atoms with van der Waals surface area (Å²) in [5, 5.41) is 18.9. The molecule has 0 aromatic carbocycles. The van der Waals surface area contributed by atoms with Crippen molar-refractivity contribution < 1.29 is 0 Å². The molecule has 8 nitrogen and oxygen atoms in total.